The lowest BCUT2D eigenvalue weighted by atomic mass is 10.1. The van der Waals surface area contributed by atoms with Crippen molar-refractivity contribution in [2.45, 2.75) is 13.8 Å². The van der Waals surface area contributed by atoms with Gasteiger partial charge in [0.05, 0.1) is 20.8 Å². The molecule has 2 amide bonds. The molecular formula is C19H22N2O4. The van der Waals surface area contributed by atoms with Crippen molar-refractivity contribution < 1.29 is 19.1 Å². The molecule has 0 atom stereocenters. The number of methoxy groups -OCH3 is 2. The maximum Gasteiger partial charge on any atom is 0.251 e. The fraction of sp³-hybridized carbons (Fsp3) is 0.263. The lowest BCUT2D eigenvalue weighted by Gasteiger charge is -2.11. The van der Waals surface area contributed by atoms with E-state index < -0.39 is 0 Å². The first kappa shape index (κ1) is 18.3. The molecule has 2 N–H and O–H groups in total. The van der Waals surface area contributed by atoms with E-state index in [1.165, 1.54) is 14.2 Å². The topological polar surface area (TPSA) is 76.7 Å². The Morgan fingerprint density at radius 1 is 0.960 bits per heavy atom. The number of aryl methyl sites for hydroxylation is 2. The molecule has 0 fully saturated rings. The third-order valence-corrected chi connectivity index (χ3v) is 3.68. The SMILES string of the molecule is COc1cc(OC)cc(C(=O)NCC(=O)Nc2ccc(C)cc2C)c1. The Morgan fingerprint density at radius 2 is 1.60 bits per heavy atom. The zero-order chi connectivity index (χ0) is 18.4. The van der Waals surface area contributed by atoms with Crippen molar-refractivity contribution in [1.82, 2.24) is 5.32 Å². The molecule has 25 heavy (non-hydrogen) atoms. The van der Waals surface area contributed by atoms with E-state index in [0.717, 1.165) is 16.8 Å². The van der Waals surface area contributed by atoms with Gasteiger partial charge in [0.15, 0.2) is 0 Å². The van der Waals surface area contributed by atoms with E-state index in [9.17, 15) is 9.59 Å². The highest BCUT2D eigenvalue weighted by Gasteiger charge is 2.12. The zero-order valence-electron chi connectivity index (χ0n) is 14.8. The van der Waals surface area contributed by atoms with E-state index in [1.54, 1.807) is 18.2 Å². The fourth-order valence-electron chi connectivity index (χ4n) is 2.35. The van der Waals surface area contributed by atoms with Gasteiger partial charge in [0.25, 0.3) is 5.91 Å². The molecule has 2 rings (SSSR count). The molecule has 0 radical (unpaired) electrons. The summed E-state index contributed by atoms with van der Waals surface area (Å²) in [7, 11) is 3.02. The van der Waals surface area contributed by atoms with Gasteiger partial charge in [0.2, 0.25) is 5.91 Å². The van der Waals surface area contributed by atoms with Gasteiger partial charge < -0.3 is 20.1 Å². The molecule has 0 aromatic heterocycles. The quantitative estimate of drug-likeness (QED) is 0.846. The van der Waals surface area contributed by atoms with E-state index in [-0.39, 0.29) is 18.4 Å². The van der Waals surface area contributed by atoms with Crippen molar-refractivity contribution >= 4 is 17.5 Å². The van der Waals surface area contributed by atoms with Gasteiger partial charge in [-0.1, -0.05) is 17.7 Å². The highest BCUT2D eigenvalue weighted by molar-refractivity contribution is 6.00. The molecule has 0 heterocycles. The van der Waals surface area contributed by atoms with Crippen LogP contribution in [0.5, 0.6) is 11.5 Å². The van der Waals surface area contributed by atoms with E-state index in [4.69, 9.17) is 9.47 Å². The van der Waals surface area contributed by atoms with Gasteiger partial charge in [-0.25, -0.2) is 0 Å². The molecule has 0 saturated carbocycles. The van der Waals surface area contributed by atoms with Crippen LogP contribution in [0.15, 0.2) is 36.4 Å². The number of ether oxygens (including phenoxy) is 2. The van der Waals surface area contributed by atoms with E-state index >= 15 is 0 Å². The summed E-state index contributed by atoms with van der Waals surface area (Å²) in [6.07, 6.45) is 0. The molecule has 0 aliphatic rings. The predicted octanol–water partition coefficient (Wildman–Crippen LogP) is 2.69. The summed E-state index contributed by atoms with van der Waals surface area (Å²) < 4.78 is 10.3. The van der Waals surface area contributed by atoms with Crippen LogP contribution in [0.3, 0.4) is 0 Å². The first-order chi connectivity index (χ1) is 11.9. The minimum Gasteiger partial charge on any atom is -0.497 e. The molecule has 6 nitrogen and oxygen atoms in total. The van der Waals surface area contributed by atoms with Crippen molar-refractivity contribution in [3.05, 3.63) is 53.1 Å². The predicted molar refractivity (Wildman–Crippen MR) is 96.4 cm³/mol. The Bertz CT molecular complexity index is 765. The first-order valence-electron chi connectivity index (χ1n) is 7.81. The van der Waals surface area contributed by atoms with Gasteiger partial charge in [0, 0.05) is 17.3 Å². The van der Waals surface area contributed by atoms with Crippen LogP contribution >= 0.6 is 0 Å². The van der Waals surface area contributed by atoms with Crippen molar-refractivity contribution in [1.29, 1.82) is 0 Å². The normalized spacial score (nSPS) is 10.1. The standard InChI is InChI=1S/C19H22N2O4/c1-12-5-6-17(13(2)7-12)21-18(22)11-20-19(23)14-8-15(24-3)10-16(9-14)25-4/h5-10H,11H2,1-4H3,(H,20,23)(H,21,22). The number of anilines is 1. The smallest absolute Gasteiger partial charge is 0.251 e. The van der Waals surface area contributed by atoms with E-state index in [2.05, 4.69) is 10.6 Å². The van der Waals surface area contributed by atoms with E-state index in [1.807, 2.05) is 32.0 Å². The maximum absolute atomic E-state index is 12.2. The van der Waals surface area contributed by atoms with Crippen LogP contribution in [0.1, 0.15) is 21.5 Å². The largest absolute Gasteiger partial charge is 0.497 e. The van der Waals surface area contributed by atoms with Crippen LogP contribution in [0, 0.1) is 13.8 Å². The number of rotatable bonds is 6. The van der Waals surface area contributed by atoms with E-state index in [0.29, 0.717) is 17.1 Å². The van der Waals surface area contributed by atoms with Crippen LogP contribution in [-0.2, 0) is 4.79 Å². The lowest BCUT2D eigenvalue weighted by Crippen LogP contribution is -2.33. The number of nitrogens with one attached hydrogen (secondary N) is 2. The van der Waals surface area contributed by atoms with Gasteiger partial charge in [-0.05, 0) is 37.6 Å². The molecule has 6 heteroatoms. The summed E-state index contributed by atoms with van der Waals surface area (Å²) in [6, 6.07) is 10.6. The second kappa shape index (κ2) is 8.19. The molecule has 0 aliphatic carbocycles. The van der Waals surface area contributed by atoms with Gasteiger partial charge >= 0.3 is 0 Å². The molecule has 0 unspecified atom stereocenters. The van der Waals surface area contributed by atoms with Crippen LogP contribution in [0.2, 0.25) is 0 Å². The Balaban J connectivity index is 1.98. The number of carbonyl (C=O) groups is 2. The van der Waals surface area contributed by atoms with Crippen molar-refractivity contribution in [2.24, 2.45) is 0 Å². The number of hydrogen-bond acceptors (Lipinski definition) is 4. The average Bonchev–Trinajstić information content (AvgIpc) is 2.61. The summed E-state index contributed by atoms with van der Waals surface area (Å²) in [5.74, 6) is 0.330. The maximum atomic E-state index is 12.2. The number of carbonyl (C=O) groups excluding carboxylic acids is 2. The monoisotopic (exact) mass is 342 g/mol. The Labute approximate surface area is 147 Å². The summed E-state index contributed by atoms with van der Waals surface area (Å²) in [5.41, 5.74) is 3.18. The summed E-state index contributed by atoms with van der Waals surface area (Å²) in [6.45, 7) is 3.77. The second-order valence-corrected chi connectivity index (χ2v) is 5.65. The third-order valence-electron chi connectivity index (χ3n) is 3.68. The highest BCUT2D eigenvalue weighted by atomic mass is 16.5. The Kier molecular flexibility index (Phi) is 6.00. The molecule has 2 aromatic carbocycles. The Morgan fingerprint density at radius 3 is 2.16 bits per heavy atom. The fourth-order valence-corrected chi connectivity index (χ4v) is 2.35. The summed E-state index contributed by atoms with van der Waals surface area (Å²) in [4.78, 5) is 24.3. The number of amides is 2. The van der Waals surface area contributed by atoms with Gasteiger partial charge in [0.1, 0.15) is 11.5 Å². The van der Waals surface area contributed by atoms with Gasteiger partial charge in [-0.3, -0.25) is 9.59 Å². The second-order valence-electron chi connectivity index (χ2n) is 5.65. The molecule has 0 bridgehead atoms. The lowest BCUT2D eigenvalue weighted by molar-refractivity contribution is -0.115. The van der Waals surface area contributed by atoms with Crippen LogP contribution in [0.4, 0.5) is 5.69 Å². The molecular weight excluding hydrogens is 320 g/mol. The van der Waals surface area contributed by atoms with Gasteiger partial charge in [-0.15, -0.1) is 0 Å². The molecule has 132 valence electrons. The molecule has 0 aliphatic heterocycles. The minimum absolute atomic E-state index is 0.133. The zero-order valence-corrected chi connectivity index (χ0v) is 14.8. The molecule has 0 spiro atoms. The van der Waals surface area contributed by atoms with Crippen LogP contribution in [0.25, 0.3) is 0 Å². The Hall–Kier alpha value is -3.02. The highest BCUT2D eigenvalue weighted by Crippen LogP contribution is 2.22. The third kappa shape index (κ3) is 4.97. The molecule has 0 saturated heterocycles. The van der Waals surface area contributed by atoms with Crippen molar-refractivity contribution in [2.75, 3.05) is 26.1 Å². The minimum atomic E-state index is -0.382. The van der Waals surface area contributed by atoms with Crippen molar-refractivity contribution in [3.8, 4) is 11.5 Å². The van der Waals surface area contributed by atoms with Crippen LogP contribution < -0.4 is 20.1 Å². The average molecular weight is 342 g/mol. The molecule has 2 aromatic rings. The van der Waals surface area contributed by atoms with Gasteiger partial charge in [-0.2, -0.15) is 0 Å². The summed E-state index contributed by atoms with van der Waals surface area (Å²) >= 11 is 0. The number of benzene rings is 2. The number of hydrogen-bond donors (Lipinski definition) is 2. The first-order valence-corrected chi connectivity index (χ1v) is 7.81. The summed E-state index contributed by atoms with van der Waals surface area (Å²) in [5, 5.41) is 5.38. The van der Waals surface area contributed by atoms with Crippen LogP contribution in [-0.4, -0.2) is 32.6 Å². The van der Waals surface area contributed by atoms with Crippen molar-refractivity contribution in [3.63, 3.8) is 0 Å².